The Kier molecular flexibility index (Phi) is 5.21. The van der Waals surface area contributed by atoms with Crippen LogP contribution < -0.4 is 5.43 Å². The van der Waals surface area contributed by atoms with E-state index in [0.717, 1.165) is 11.1 Å². The van der Waals surface area contributed by atoms with E-state index in [1.807, 2.05) is 19.9 Å². The minimum absolute atomic E-state index is 0.00815. The zero-order chi connectivity index (χ0) is 16.3. The van der Waals surface area contributed by atoms with E-state index >= 15 is 0 Å². The Balaban J connectivity index is 2.14. The number of carbonyl (C=O) groups excluding carboxylic acids is 1. The van der Waals surface area contributed by atoms with Crippen LogP contribution in [0.3, 0.4) is 0 Å². The Labute approximate surface area is 141 Å². The summed E-state index contributed by atoms with van der Waals surface area (Å²) < 4.78 is 0.460. The van der Waals surface area contributed by atoms with Crippen molar-refractivity contribution in [2.45, 2.75) is 13.8 Å². The second-order valence-corrected chi connectivity index (χ2v) is 6.19. The van der Waals surface area contributed by atoms with E-state index in [1.165, 1.54) is 6.21 Å². The number of carbonyl (C=O) groups is 1. The van der Waals surface area contributed by atoms with Gasteiger partial charge in [-0.2, -0.15) is 5.10 Å². The third-order valence-corrected chi connectivity index (χ3v) is 3.73. The molecule has 2 N–H and O–H groups in total. The lowest BCUT2D eigenvalue weighted by molar-refractivity contribution is 0.0955. The summed E-state index contributed by atoms with van der Waals surface area (Å²) >= 11 is 9.09. The van der Waals surface area contributed by atoms with E-state index in [9.17, 15) is 9.90 Å². The predicted octanol–water partition coefficient (Wildman–Crippen LogP) is 4.19. The molecule has 2 aromatic carbocycles. The van der Waals surface area contributed by atoms with Crippen molar-refractivity contribution in [1.82, 2.24) is 5.43 Å². The maximum atomic E-state index is 12.0. The standard InChI is InChI=1S/C16H14BrClN2O2/c1-9-3-10(2)5-11(4-9)16(22)20-19-8-12-6-13(18)7-14(17)15(12)21/h3-8,21H,1-2H3,(H,20,22). The number of aromatic hydroxyl groups is 1. The molecule has 4 nitrogen and oxygen atoms in total. The van der Waals surface area contributed by atoms with Gasteiger partial charge in [-0.25, -0.2) is 5.43 Å². The van der Waals surface area contributed by atoms with Crippen LogP contribution in [0, 0.1) is 13.8 Å². The lowest BCUT2D eigenvalue weighted by atomic mass is 10.1. The molecule has 0 unspecified atom stereocenters. The van der Waals surface area contributed by atoms with Gasteiger partial charge in [-0.3, -0.25) is 4.79 Å². The summed E-state index contributed by atoms with van der Waals surface area (Å²) in [6.45, 7) is 3.85. The molecule has 0 radical (unpaired) electrons. The molecule has 0 aromatic heterocycles. The SMILES string of the molecule is Cc1cc(C)cc(C(=O)NN=Cc2cc(Cl)cc(Br)c2O)c1. The second-order valence-electron chi connectivity index (χ2n) is 4.90. The van der Waals surface area contributed by atoms with Gasteiger partial charge < -0.3 is 5.11 Å². The van der Waals surface area contributed by atoms with E-state index in [1.54, 1.807) is 24.3 Å². The van der Waals surface area contributed by atoms with Gasteiger partial charge in [0.05, 0.1) is 10.7 Å². The normalized spacial score (nSPS) is 10.9. The number of halogens is 2. The van der Waals surface area contributed by atoms with Crippen molar-refractivity contribution in [3.05, 3.63) is 62.1 Å². The van der Waals surface area contributed by atoms with Gasteiger partial charge in [0.1, 0.15) is 5.75 Å². The van der Waals surface area contributed by atoms with Gasteiger partial charge in [-0.05, 0) is 54.0 Å². The van der Waals surface area contributed by atoms with E-state index in [4.69, 9.17) is 11.6 Å². The molecular formula is C16H14BrClN2O2. The van der Waals surface area contributed by atoms with Gasteiger partial charge in [0.15, 0.2) is 0 Å². The first kappa shape index (κ1) is 16.5. The molecule has 114 valence electrons. The Bertz CT molecular complexity index is 740. The molecule has 0 bridgehead atoms. The van der Waals surface area contributed by atoms with Crippen LogP contribution in [0.15, 0.2) is 39.9 Å². The number of benzene rings is 2. The average molecular weight is 382 g/mol. The van der Waals surface area contributed by atoms with Crippen LogP contribution in [0.4, 0.5) is 0 Å². The highest BCUT2D eigenvalue weighted by atomic mass is 79.9. The molecule has 0 aliphatic heterocycles. The van der Waals surface area contributed by atoms with Crippen LogP contribution in [-0.2, 0) is 0 Å². The van der Waals surface area contributed by atoms with Gasteiger partial charge in [0, 0.05) is 16.1 Å². The molecule has 22 heavy (non-hydrogen) atoms. The summed E-state index contributed by atoms with van der Waals surface area (Å²) in [4.78, 5) is 12.0. The highest BCUT2D eigenvalue weighted by Crippen LogP contribution is 2.30. The largest absolute Gasteiger partial charge is 0.506 e. The van der Waals surface area contributed by atoms with Crippen molar-refractivity contribution in [3.8, 4) is 5.75 Å². The fourth-order valence-electron chi connectivity index (χ4n) is 2.02. The summed E-state index contributed by atoms with van der Waals surface area (Å²) in [5.74, 6) is -0.308. The molecule has 0 atom stereocenters. The summed E-state index contributed by atoms with van der Waals surface area (Å²) in [6.07, 6.45) is 1.34. The topological polar surface area (TPSA) is 61.7 Å². The first-order chi connectivity index (χ1) is 10.4. The van der Waals surface area contributed by atoms with Crippen molar-refractivity contribution in [3.63, 3.8) is 0 Å². The maximum absolute atomic E-state index is 12.0. The lowest BCUT2D eigenvalue weighted by Crippen LogP contribution is -2.17. The van der Waals surface area contributed by atoms with Gasteiger partial charge in [0.25, 0.3) is 5.91 Å². The van der Waals surface area contributed by atoms with Crippen LogP contribution in [-0.4, -0.2) is 17.2 Å². The smallest absolute Gasteiger partial charge is 0.271 e. The van der Waals surface area contributed by atoms with Crippen LogP contribution >= 0.6 is 27.5 Å². The number of hydrogen-bond acceptors (Lipinski definition) is 3. The first-order valence-corrected chi connectivity index (χ1v) is 7.63. The van der Waals surface area contributed by atoms with Gasteiger partial charge in [-0.1, -0.05) is 28.8 Å². The fraction of sp³-hybridized carbons (Fsp3) is 0.125. The van der Waals surface area contributed by atoms with Crippen molar-refractivity contribution >= 4 is 39.7 Å². The Hall–Kier alpha value is -1.85. The maximum Gasteiger partial charge on any atom is 0.271 e. The number of hydrogen-bond donors (Lipinski definition) is 2. The third-order valence-electron chi connectivity index (χ3n) is 2.91. The summed E-state index contributed by atoms with van der Waals surface area (Å²) in [7, 11) is 0. The molecular weight excluding hydrogens is 368 g/mol. The zero-order valence-corrected chi connectivity index (χ0v) is 14.4. The van der Waals surface area contributed by atoms with Gasteiger partial charge in [0.2, 0.25) is 0 Å². The molecule has 0 saturated heterocycles. The van der Waals surface area contributed by atoms with Crippen LogP contribution in [0.1, 0.15) is 27.0 Å². The molecule has 0 aliphatic rings. The quantitative estimate of drug-likeness (QED) is 0.618. The number of rotatable bonds is 3. The number of hydrazone groups is 1. The Morgan fingerprint density at radius 2 is 1.86 bits per heavy atom. The minimum atomic E-state index is -0.316. The highest BCUT2D eigenvalue weighted by molar-refractivity contribution is 9.10. The van der Waals surface area contributed by atoms with E-state index < -0.39 is 0 Å². The number of aryl methyl sites for hydroxylation is 2. The Morgan fingerprint density at radius 3 is 2.50 bits per heavy atom. The monoisotopic (exact) mass is 380 g/mol. The van der Waals surface area contributed by atoms with Crippen molar-refractivity contribution in [2.24, 2.45) is 5.10 Å². The van der Waals surface area contributed by atoms with Gasteiger partial charge in [-0.15, -0.1) is 0 Å². The number of amides is 1. The zero-order valence-electron chi connectivity index (χ0n) is 12.0. The molecule has 0 fully saturated rings. The van der Waals surface area contributed by atoms with E-state index in [2.05, 4.69) is 26.5 Å². The first-order valence-electron chi connectivity index (χ1n) is 6.46. The van der Waals surface area contributed by atoms with E-state index in [0.29, 0.717) is 20.6 Å². The summed E-state index contributed by atoms with van der Waals surface area (Å²) in [5, 5.41) is 14.2. The molecule has 0 heterocycles. The second kappa shape index (κ2) is 6.94. The molecule has 2 rings (SSSR count). The molecule has 0 aliphatic carbocycles. The van der Waals surface area contributed by atoms with Crippen molar-refractivity contribution in [2.75, 3.05) is 0 Å². The minimum Gasteiger partial charge on any atom is -0.506 e. The van der Waals surface area contributed by atoms with Crippen molar-refractivity contribution in [1.29, 1.82) is 0 Å². The van der Waals surface area contributed by atoms with Gasteiger partial charge >= 0.3 is 0 Å². The highest BCUT2D eigenvalue weighted by Gasteiger charge is 2.07. The number of nitrogens with one attached hydrogen (secondary N) is 1. The summed E-state index contributed by atoms with van der Waals surface area (Å²) in [5.41, 5.74) is 5.38. The average Bonchev–Trinajstić information content (AvgIpc) is 2.42. The van der Waals surface area contributed by atoms with Crippen LogP contribution in [0.25, 0.3) is 0 Å². The Morgan fingerprint density at radius 1 is 1.23 bits per heavy atom. The predicted molar refractivity (Wildman–Crippen MR) is 91.8 cm³/mol. The molecule has 0 spiro atoms. The number of nitrogens with zero attached hydrogens (tertiary/aromatic N) is 1. The fourth-order valence-corrected chi connectivity index (χ4v) is 2.85. The molecule has 2 aromatic rings. The van der Waals surface area contributed by atoms with Crippen molar-refractivity contribution < 1.29 is 9.90 Å². The summed E-state index contributed by atoms with van der Waals surface area (Å²) in [6, 6.07) is 8.68. The third kappa shape index (κ3) is 4.08. The van der Waals surface area contributed by atoms with E-state index in [-0.39, 0.29) is 11.7 Å². The number of phenols is 1. The van der Waals surface area contributed by atoms with Crippen LogP contribution in [0.5, 0.6) is 5.75 Å². The van der Waals surface area contributed by atoms with Crippen LogP contribution in [0.2, 0.25) is 5.02 Å². The molecule has 1 amide bonds. The number of phenolic OH excluding ortho intramolecular Hbond substituents is 1. The molecule has 6 heteroatoms. The lowest BCUT2D eigenvalue weighted by Gasteiger charge is -2.04. The molecule has 0 saturated carbocycles.